The van der Waals surface area contributed by atoms with Crippen molar-refractivity contribution in [3.8, 4) is 0 Å². The zero-order valence-electron chi connectivity index (χ0n) is 9.72. The van der Waals surface area contributed by atoms with Crippen LogP contribution in [0.4, 0.5) is 4.79 Å². The molecule has 0 bridgehead atoms. The Morgan fingerprint density at radius 3 is 2.78 bits per heavy atom. The van der Waals surface area contributed by atoms with Crippen LogP contribution in [0.15, 0.2) is 11.8 Å². The van der Waals surface area contributed by atoms with Crippen LogP contribution in [0.3, 0.4) is 0 Å². The van der Waals surface area contributed by atoms with Gasteiger partial charge in [0.1, 0.15) is 12.3 Å². The predicted octanol–water partition coefficient (Wildman–Crippen LogP) is -5.50. The summed E-state index contributed by atoms with van der Waals surface area (Å²) in [4.78, 5) is 23.1. The van der Waals surface area contributed by atoms with Crippen molar-refractivity contribution in [2.45, 2.75) is 31.8 Å². The fourth-order valence-electron chi connectivity index (χ4n) is 1.97. The van der Waals surface area contributed by atoms with Gasteiger partial charge in [0.2, 0.25) is 6.23 Å². The van der Waals surface area contributed by atoms with Crippen molar-refractivity contribution in [3.05, 3.63) is 11.8 Å². The number of quaternary nitrogens is 1. The lowest BCUT2D eigenvalue weighted by Crippen LogP contribution is -3.16. The molecule has 8 heteroatoms. The van der Waals surface area contributed by atoms with Crippen molar-refractivity contribution in [2.75, 3.05) is 6.61 Å². The van der Waals surface area contributed by atoms with Gasteiger partial charge in [0.15, 0.2) is 0 Å². The minimum atomic E-state index is -0.795. The second kappa shape index (κ2) is 5.89. The molecule has 2 rings (SSSR count). The average molecular weight is 323 g/mol. The van der Waals surface area contributed by atoms with Gasteiger partial charge in [-0.25, -0.2) is 10.1 Å². The molecule has 0 aliphatic carbocycles. The summed E-state index contributed by atoms with van der Waals surface area (Å²) in [5, 5.41) is 20.7. The normalized spacial score (nSPS) is 35.8. The Morgan fingerprint density at radius 1 is 1.56 bits per heavy atom. The first-order valence-electron chi connectivity index (χ1n) is 5.38. The van der Waals surface area contributed by atoms with E-state index in [9.17, 15) is 14.7 Å². The smallest absolute Gasteiger partial charge is 0.428 e. The molecule has 0 spiro atoms. The number of carbonyl (C=O) groups is 2. The van der Waals surface area contributed by atoms with Crippen LogP contribution in [0.2, 0.25) is 0 Å². The van der Waals surface area contributed by atoms with Crippen LogP contribution in [0, 0.1) is 0 Å². The molecule has 18 heavy (non-hydrogen) atoms. The lowest BCUT2D eigenvalue weighted by atomic mass is 10.2. The number of urea groups is 1. The molecule has 1 unspecified atom stereocenters. The van der Waals surface area contributed by atoms with Gasteiger partial charge in [-0.3, -0.25) is 4.79 Å². The van der Waals surface area contributed by atoms with Crippen LogP contribution >= 0.6 is 0 Å². The number of hydrogen-bond donors (Lipinski definition) is 4. The van der Waals surface area contributed by atoms with Gasteiger partial charge in [0.25, 0.3) is 5.91 Å². The molecule has 4 atom stereocenters. The number of amides is 3. The molecule has 0 aromatic heterocycles. The molecule has 3 amide bonds. The van der Waals surface area contributed by atoms with Crippen LogP contribution < -0.4 is 27.2 Å². The summed E-state index contributed by atoms with van der Waals surface area (Å²) in [5.74, 6) is -0.420. The molecule has 4 N–H and O–H groups in total. The molecule has 102 valence electrons. The average Bonchev–Trinajstić information content (AvgIpc) is 2.65. The van der Waals surface area contributed by atoms with Gasteiger partial charge in [0, 0.05) is 0 Å². The van der Waals surface area contributed by atoms with Gasteiger partial charge in [-0.05, 0) is 6.92 Å². The van der Waals surface area contributed by atoms with E-state index in [1.807, 2.05) is 0 Å². The van der Waals surface area contributed by atoms with E-state index in [1.165, 1.54) is 6.20 Å². The van der Waals surface area contributed by atoms with Crippen molar-refractivity contribution in [1.82, 2.24) is 5.32 Å². The summed E-state index contributed by atoms with van der Waals surface area (Å²) < 4.78 is 5.36. The van der Waals surface area contributed by atoms with E-state index >= 15 is 0 Å². The number of halogens is 1. The predicted molar refractivity (Wildman–Crippen MR) is 54.6 cm³/mol. The Balaban J connectivity index is 0.00000162. The fraction of sp³-hybridized carbons (Fsp3) is 0.600. The maximum atomic E-state index is 11.6. The number of aliphatic hydroxyl groups excluding tert-OH is 2. The van der Waals surface area contributed by atoms with E-state index in [0.717, 1.165) is 0 Å². The Kier molecular flexibility index (Phi) is 5.00. The summed E-state index contributed by atoms with van der Waals surface area (Å²) in [5.41, 5.74) is 0.421. The minimum absolute atomic E-state index is 0. The topological polar surface area (TPSA) is 100 Å². The van der Waals surface area contributed by atoms with Crippen LogP contribution in [0.5, 0.6) is 0 Å². The lowest BCUT2D eigenvalue weighted by Gasteiger charge is -2.22. The minimum Gasteiger partial charge on any atom is -1.00 e. The number of carbonyl (C=O) groups excluding carboxylic acids is 2. The summed E-state index contributed by atoms with van der Waals surface area (Å²) in [6.07, 6.45) is -0.335. The summed E-state index contributed by atoms with van der Waals surface area (Å²) in [6, 6.07) is -0.503. The highest BCUT2D eigenvalue weighted by Gasteiger charge is 2.43. The van der Waals surface area contributed by atoms with Crippen molar-refractivity contribution < 1.29 is 46.4 Å². The quantitative estimate of drug-likeness (QED) is 0.406. The monoisotopic (exact) mass is 322 g/mol. The van der Waals surface area contributed by atoms with Gasteiger partial charge >= 0.3 is 6.03 Å². The number of nitrogens with one attached hydrogen (secondary N) is 2. The highest BCUT2D eigenvalue weighted by Crippen LogP contribution is 2.16. The Morgan fingerprint density at radius 2 is 2.22 bits per heavy atom. The maximum Gasteiger partial charge on any atom is 0.428 e. The van der Waals surface area contributed by atoms with E-state index in [0.29, 0.717) is 10.5 Å². The van der Waals surface area contributed by atoms with Crippen molar-refractivity contribution in [3.63, 3.8) is 0 Å². The lowest BCUT2D eigenvalue weighted by molar-refractivity contribution is -0.818. The Hall–Kier alpha value is -0.800. The number of imide groups is 1. The Labute approximate surface area is 114 Å². The number of rotatable bonds is 2. The van der Waals surface area contributed by atoms with E-state index in [-0.39, 0.29) is 30.0 Å². The number of hydrogen-bond acceptors (Lipinski definition) is 5. The third-order valence-electron chi connectivity index (χ3n) is 2.97. The highest BCUT2D eigenvalue weighted by atomic mass is 79.9. The van der Waals surface area contributed by atoms with E-state index in [1.54, 1.807) is 6.92 Å². The van der Waals surface area contributed by atoms with Crippen LogP contribution in [-0.4, -0.2) is 47.2 Å². The zero-order valence-corrected chi connectivity index (χ0v) is 11.3. The largest absolute Gasteiger partial charge is 1.00 e. The van der Waals surface area contributed by atoms with Crippen molar-refractivity contribution in [1.29, 1.82) is 0 Å². The first-order valence-corrected chi connectivity index (χ1v) is 5.38. The Bertz CT molecular complexity index is 386. The van der Waals surface area contributed by atoms with Gasteiger partial charge < -0.3 is 31.9 Å². The summed E-state index contributed by atoms with van der Waals surface area (Å²) >= 11 is 0. The van der Waals surface area contributed by atoms with E-state index < -0.39 is 30.4 Å². The first-order chi connectivity index (χ1) is 8.02. The second-order valence-corrected chi connectivity index (χ2v) is 4.21. The molecule has 2 aliphatic rings. The zero-order chi connectivity index (χ0) is 12.6. The molecular formula is C10H15BrN2O5. The third kappa shape index (κ3) is 2.78. The first kappa shape index (κ1) is 15.3. The van der Waals surface area contributed by atoms with Crippen LogP contribution in [0.1, 0.15) is 13.3 Å². The molecule has 2 heterocycles. The van der Waals surface area contributed by atoms with Gasteiger partial charge in [-0.1, -0.05) is 0 Å². The second-order valence-electron chi connectivity index (χ2n) is 4.21. The summed E-state index contributed by atoms with van der Waals surface area (Å²) in [7, 11) is 0. The maximum absolute atomic E-state index is 11.6. The van der Waals surface area contributed by atoms with E-state index in [2.05, 4.69) is 5.32 Å². The van der Waals surface area contributed by atoms with Gasteiger partial charge in [-0.2, -0.15) is 4.90 Å². The molecule has 7 nitrogen and oxygen atoms in total. The van der Waals surface area contributed by atoms with E-state index in [4.69, 9.17) is 9.84 Å². The molecule has 0 aromatic rings. The molecule has 2 aliphatic heterocycles. The van der Waals surface area contributed by atoms with Gasteiger partial charge in [-0.15, -0.1) is 0 Å². The molecule has 1 saturated heterocycles. The van der Waals surface area contributed by atoms with Gasteiger partial charge in [0.05, 0.1) is 24.7 Å². The van der Waals surface area contributed by atoms with Crippen LogP contribution in [0.25, 0.3) is 0 Å². The molecular weight excluding hydrogens is 308 g/mol. The third-order valence-corrected chi connectivity index (χ3v) is 2.97. The van der Waals surface area contributed by atoms with Crippen LogP contribution in [-0.2, 0) is 9.53 Å². The standard InChI is InChI=1S/C10H14N2O5.BrH/c1-5-3-12(10(16)11-9(5)15)8-2-6(14)7(4-13)17-8;/h3,6-8,13-14H,2,4H2,1H3,(H,11,15,16);1H/t6-,7+,8+;/m0./s1. The molecule has 0 radical (unpaired) electrons. The number of ether oxygens (including phenoxy) is 1. The highest BCUT2D eigenvalue weighted by molar-refractivity contribution is 6.02. The number of aliphatic hydroxyl groups is 2. The SMILES string of the molecule is CC1=C[NH+]([C@H]2C[C@H](O)[C@@H](CO)O2)C(=O)NC1=O.[Br-]. The molecule has 0 aromatic carbocycles. The summed E-state index contributed by atoms with van der Waals surface area (Å²) in [6.45, 7) is 1.30. The fourth-order valence-corrected chi connectivity index (χ4v) is 1.97. The van der Waals surface area contributed by atoms with Crippen molar-refractivity contribution in [2.24, 2.45) is 0 Å². The van der Waals surface area contributed by atoms with Crippen molar-refractivity contribution >= 4 is 11.9 Å². The molecule has 1 fully saturated rings. The molecule has 0 saturated carbocycles.